The summed E-state index contributed by atoms with van der Waals surface area (Å²) in [4.78, 5) is 14.2. The lowest BCUT2D eigenvalue weighted by Gasteiger charge is -2.27. The zero-order chi connectivity index (χ0) is 15.3. The molecule has 1 aromatic rings. The monoisotopic (exact) mass is 361 g/mol. The first kappa shape index (κ1) is 16.8. The van der Waals surface area contributed by atoms with Gasteiger partial charge in [0.2, 0.25) is 0 Å². The van der Waals surface area contributed by atoms with Gasteiger partial charge in [-0.1, -0.05) is 22.8 Å². The minimum Gasteiger partial charge on any atom is -0.409 e. The molecule has 0 saturated carbocycles. The van der Waals surface area contributed by atoms with Crippen molar-refractivity contribution in [3.63, 3.8) is 0 Å². The van der Waals surface area contributed by atoms with E-state index in [1.165, 1.54) is 0 Å². The molecular formula is C13H17BrClN3O2. The summed E-state index contributed by atoms with van der Waals surface area (Å²) in [6, 6.07) is 5.18. The normalized spacial score (nSPS) is 11.8. The first-order chi connectivity index (χ1) is 9.38. The number of amidine groups is 1. The standard InChI is InChI=1S/C13H17BrClN3O2/c1-8(2)18(7-6-11(16)17-20)13(19)9-4-3-5-10(14)12(9)15/h3-5,8,20H,6-7H2,1-2H3,(H2,16,17). The number of benzene rings is 1. The number of hydrogen-bond acceptors (Lipinski definition) is 3. The van der Waals surface area contributed by atoms with Crippen LogP contribution in [0.3, 0.4) is 0 Å². The highest BCUT2D eigenvalue weighted by Crippen LogP contribution is 2.27. The van der Waals surface area contributed by atoms with Crippen LogP contribution in [0, 0.1) is 0 Å². The van der Waals surface area contributed by atoms with Crippen molar-refractivity contribution in [3.8, 4) is 0 Å². The van der Waals surface area contributed by atoms with Crippen LogP contribution in [-0.4, -0.2) is 34.4 Å². The molecule has 20 heavy (non-hydrogen) atoms. The third-order valence-electron chi connectivity index (χ3n) is 2.80. The Bertz CT molecular complexity index is 520. The average molecular weight is 363 g/mol. The molecule has 1 aromatic carbocycles. The van der Waals surface area contributed by atoms with Crippen LogP contribution in [0.1, 0.15) is 30.6 Å². The smallest absolute Gasteiger partial charge is 0.255 e. The van der Waals surface area contributed by atoms with Gasteiger partial charge in [0.15, 0.2) is 0 Å². The summed E-state index contributed by atoms with van der Waals surface area (Å²) in [5.74, 6) is -0.0965. The number of carbonyl (C=O) groups excluding carboxylic acids is 1. The Labute approximate surface area is 131 Å². The van der Waals surface area contributed by atoms with Gasteiger partial charge in [-0.25, -0.2) is 0 Å². The molecule has 0 aliphatic rings. The van der Waals surface area contributed by atoms with E-state index in [0.29, 0.717) is 28.0 Å². The summed E-state index contributed by atoms with van der Waals surface area (Å²) in [5.41, 5.74) is 5.87. The second-order valence-corrected chi connectivity index (χ2v) is 5.77. The highest BCUT2D eigenvalue weighted by atomic mass is 79.9. The van der Waals surface area contributed by atoms with E-state index in [1.54, 1.807) is 23.1 Å². The number of nitrogens with two attached hydrogens (primary N) is 1. The van der Waals surface area contributed by atoms with Crippen molar-refractivity contribution in [3.05, 3.63) is 33.3 Å². The molecule has 3 N–H and O–H groups in total. The predicted octanol–water partition coefficient (Wildman–Crippen LogP) is 3.09. The van der Waals surface area contributed by atoms with E-state index < -0.39 is 0 Å². The number of amides is 1. The van der Waals surface area contributed by atoms with E-state index in [1.807, 2.05) is 13.8 Å². The number of hydrogen-bond donors (Lipinski definition) is 2. The minimum atomic E-state index is -0.183. The second-order valence-electron chi connectivity index (χ2n) is 4.54. The topological polar surface area (TPSA) is 78.9 Å². The molecule has 0 bridgehead atoms. The molecule has 1 rings (SSSR count). The lowest BCUT2D eigenvalue weighted by atomic mass is 10.1. The van der Waals surface area contributed by atoms with Gasteiger partial charge in [-0.15, -0.1) is 0 Å². The molecule has 1 amide bonds. The van der Waals surface area contributed by atoms with Gasteiger partial charge in [0.1, 0.15) is 5.84 Å². The number of halogens is 2. The van der Waals surface area contributed by atoms with Crippen LogP contribution < -0.4 is 5.73 Å². The van der Waals surface area contributed by atoms with Gasteiger partial charge in [-0.05, 0) is 41.9 Å². The number of rotatable bonds is 5. The highest BCUT2D eigenvalue weighted by molar-refractivity contribution is 9.10. The zero-order valence-corrected chi connectivity index (χ0v) is 13.6. The van der Waals surface area contributed by atoms with Crippen molar-refractivity contribution in [2.75, 3.05) is 6.54 Å². The molecule has 0 aromatic heterocycles. The van der Waals surface area contributed by atoms with Crippen molar-refractivity contribution in [2.24, 2.45) is 10.9 Å². The van der Waals surface area contributed by atoms with Crippen LogP contribution in [0.4, 0.5) is 0 Å². The summed E-state index contributed by atoms with van der Waals surface area (Å²) < 4.78 is 0.671. The summed E-state index contributed by atoms with van der Waals surface area (Å²) >= 11 is 9.44. The van der Waals surface area contributed by atoms with Crippen LogP contribution in [0.15, 0.2) is 27.8 Å². The maximum absolute atomic E-state index is 12.5. The minimum absolute atomic E-state index is 0.0240. The predicted molar refractivity (Wildman–Crippen MR) is 83.4 cm³/mol. The van der Waals surface area contributed by atoms with Crippen LogP contribution in [-0.2, 0) is 0 Å². The molecule has 7 heteroatoms. The molecule has 5 nitrogen and oxygen atoms in total. The van der Waals surface area contributed by atoms with Gasteiger partial charge in [0.05, 0.1) is 10.6 Å². The Morgan fingerprint density at radius 1 is 1.55 bits per heavy atom. The Hall–Kier alpha value is -1.27. The highest BCUT2D eigenvalue weighted by Gasteiger charge is 2.21. The van der Waals surface area contributed by atoms with Crippen molar-refractivity contribution in [1.29, 1.82) is 0 Å². The molecule has 0 aliphatic heterocycles. The third kappa shape index (κ3) is 4.11. The number of oxime groups is 1. The molecule has 0 heterocycles. The van der Waals surface area contributed by atoms with Crippen molar-refractivity contribution >= 4 is 39.3 Å². The van der Waals surface area contributed by atoms with E-state index in [9.17, 15) is 4.79 Å². The molecule has 0 unspecified atom stereocenters. The maximum Gasteiger partial charge on any atom is 0.255 e. The Balaban J connectivity index is 2.97. The first-order valence-electron chi connectivity index (χ1n) is 6.09. The Morgan fingerprint density at radius 2 is 2.20 bits per heavy atom. The maximum atomic E-state index is 12.5. The van der Waals surface area contributed by atoms with E-state index in [0.717, 1.165) is 0 Å². The first-order valence-corrected chi connectivity index (χ1v) is 7.27. The van der Waals surface area contributed by atoms with Crippen LogP contribution >= 0.6 is 27.5 Å². The fraction of sp³-hybridized carbons (Fsp3) is 0.385. The molecular weight excluding hydrogens is 346 g/mol. The van der Waals surface area contributed by atoms with Crippen LogP contribution in [0.2, 0.25) is 5.02 Å². The molecule has 0 aliphatic carbocycles. The van der Waals surface area contributed by atoms with Crippen molar-refractivity contribution in [1.82, 2.24) is 4.90 Å². The van der Waals surface area contributed by atoms with E-state index in [4.69, 9.17) is 22.5 Å². The SMILES string of the molecule is CC(C)N(CC/C(N)=N/O)C(=O)c1cccc(Br)c1Cl. The van der Waals surface area contributed by atoms with Gasteiger partial charge >= 0.3 is 0 Å². The van der Waals surface area contributed by atoms with Crippen molar-refractivity contribution < 1.29 is 10.0 Å². The van der Waals surface area contributed by atoms with Gasteiger partial charge in [0.25, 0.3) is 5.91 Å². The van der Waals surface area contributed by atoms with Gasteiger partial charge in [-0.3, -0.25) is 4.79 Å². The molecule has 110 valence electrons. The van der Waals surface area contributed by atoms with Gasteiger partial charge in [-0.2, -0.15) is 0 Å². The molecule has 0 spiro atoms. The second kappa shape index (κ2) is 7.50. The fourth-order valence-corrected chi connectivity index (χ4v) is 2.28. The Kier molecular flexibility index (Phi) is 6.29. The Morgan fingerprint density at radius 3 is 2.75 bits per heavy atom. The summed E-state index contributed by atoms with van der Waals surface area (Å²) in [7, 11) is 0. The van der Waals surface area contributed by atoms with E-state index in [-0.39, 0.29) is 17.8 Å². The lowest BCUT2D eigenvalue weighted by Crippen LogP contribution is -2.39. The average Bonchev–Trinajstić information content (AvgIpc) is 2.41. The van der Waals surface area contributed by atoms with E-state index >= 15 is 0 Å². The van der Waals surface area contributed by atoms with Crippen LogP contribution in [0.25, 0.3) is 0 Å². The van der Waals surface area contributed by atoms with E-state index in [2.05, 4.69) is 21.1 Å². The zero-order valence-electron chi connectivity index (χ0n) is 11.3. The number of carbonyl (C=O) groups is 1. The van der Waals surface area contributed by atoms with Crippen LogP contribution in [0.5, 0.6) is 0 Å². The third-order valence-corrected chi connectivity index (χ3v) is 4.10. The number of nitrogens with zero attached hydrogens (tertiary/aromatic N) is 2. The van der Waals surface area contributed by atoms with Crippen molar-refractivity contribution in [2.45, 2.75) is 26.3 Å². The summed E-state index contributed by atoms with van der Waals surface area (Å²) in [5, 5.41) is 11.8. The summed E-state index contributed by atoms with van der Waals surface area (Å²) in [6.45, 7) is 4.15. The molecule has 0 fully saturated rings. The molecule has 0 atom stereocenters. The largest absolute Gasteiger partial charge is 0.409 e. The van der Waals surface area contributed by atoms with Gasteiger partial charge in [0, 0.05) is 23.5 Å². The fourth-order valence-electron chi connectivity index (χ4n) is 1.70. The molecule has 0 radical (unpaired) electrons. The quantitative estimate of drug-likeness (QED) is 0.366. The van der Waals surface area contributed by atoms with Gasteiger partial charge < -0.3 is 15.8 Å². The summed E-state index contributed by atoms with van der Waals surface area (Å²) in [6.07, 6.45) is 0.298. The molecule has 0 saturated heterocycles. The lowest BCUT2D eigenvalue weighted by molar-refractivity contribution is 0.0711.